The Balaban J connectivity index is 2.35. The Morgan fingerprint density at radius 3 is 3.00 bits per heavy atom. The van der Waals surface area contributed by atoms with Crippen molar-refractivity contribution in [2.75, 3.05) is 12.4 Å². The number of nitrogens with zero attached hydrogens (tertiary/aromatic N) is 1. The van der Waals surface area contributed by atoms with Gasteiger partial charge in [-0.15, -0.1) is 11.3 Å². The molecule has 0 fully saturated rings. The van der Waals surface area contributed by atoms with Gasteiger partial charge in [0.2, 0.25) is 0 Å². The van der Waals surface area contributed by atoms with E-state index in [-0.39, 0.29) is 6.42 Å². The molecule has 0 aliphatic carbocycles. The summed E-state index contributed by atoms with van der Waals surface area (Å²) in [6.07, 6.45) is 0.747. The molecule has 5 nitrogen and oxygen atoms in total. The molecule has 17 heavy (non-hydrogen) atoms. The largest absolute Gasteiger partial charge is 0.481 e. The van der Waals surface area contributed by atoms with Crippen LogP contribution in [0.15, 0.2) is 9.72 Å². The van der Waals surface area contributed by atoms with E-state index in [0.29, 0.717) is 24.5 Å². The van der Waals surface area contributed by atoms with Gasteiger partial charge in [0.15, 0.2) is 10.0 Å². The Hall–Kier alpha value is -1.08. The SMILES string of the molecule is CCOC(=O)c1csc(SCCCC(=O)O)n1. The zero-order valence-electron chi connectivity index (χ0n) is 9.34. The van der Waals surface area contributed by atoms with Crippen LogP contribution < -0.4 is 0 Å². The van der Waals surface area contributed by atoms with Crippen LogP contribution in [0, 0.1) is 0 Å². The first-order valence-corrected chi connectivity index (χ1v) is 6.97. The van der Waals surface area contributed by atoms with Crippen molar-refractivity contribution >= 4 is 35.0 Å². The van der Waals surface area contributed by atoms with E-state index in [1.807, 2.05) is 0 Å². The molecule has 0 spiro atoms. The molecule has 0 unspecified atom stereocenters. The second kappa shape index (κ2) is 7.29. The highest BCUT2D eigenvalue weighted by Gasteiger charge is 2.11. The Morgan fingerprint density at radius 2 is 2.35 bits per heavy atom. The van der Waals surface area contributed by atoms with Gasteiger partial charge in [-0.1, -0.05) is 11.8 Å². The summed E-state index contributed by atoms with van der Waals surface area (Å²) in [6, 6.07) is 0. The second-order valence-electron chi connectivity index (χ2n) is 3.06. The fraction of sp³-hybridized carbons (Fsp3) is 0.500. The fourth-order valence-electron chi connectivity index (χ4n) is 1.01. The van der Waals surface area contributed by atoms with Gasteiger partial charge in [-0.3, -0.25) is 4.79 Å². The lowest BCUT2D eigenvalue weighted by atomic mass is 10.3. The van der Waals surface area contributed by atoms with Gasteiger partial charge < -0.3 is 9.84 Å². The first-order valence-electron chi connectivity index (χ1n) is 5.10. The predicted octanol–water partition coefficient (Wildman–Crippen LogP) is 2.28. The standard InChI is InChI=1S/C10H13NO4S2/c1-2-15-9(14)7-6-17-10(11-7)16-5-3-4-8(12)13/h6H,2-5H2,1H3,(H,12,13). The molecule has 0 atom stereocenters. The lowest BCUT2D eigenvalue weighted by Gasteiger charge is -1.96. The molecule has 1 N–H and O–H groups in total. The highest BCUT2D eigenvalue weighted by molar-refractivity contribution is 8.01. The number of carbonyl (C=O) groups is 2. The van der Waals surface area contributed by atoms with E-state index in [4.69, 9.17) is 9.84 Å². The summed E-state index contributed by atoms with van der Waals surface area (Å²) in [6.45, 7) is 2.07. The summed E-state index contributed by atoms with van der Waals surface area (Å²) in [5.74, 6) is -0.527. The monoisotopic (exact) mass is 275 g/mol. The average Bonchev–Trinajstić information content (AvgIpc) is 2.73. The van der Waals surface area contributed by atoms with E-state index >= 15 is 0 Å². The summed E-state index contributed by atoms with van der Waals surface area (Å²) in [5, 5.41) is 10.1. The smallest absolute Gasteiger partial charge is 0.357 e. The number of rotatable bonds is 7. The summed E-state index contributed by atoms with van der Waals surface area (Å²) in [4.78, 5) is 25.7. The number of carboxylic acid groups (broad SMARTS) is 1. The number of thioether (sulfide) groups is 1. The van der Waals surface area contributed by atoms with Gasteiger partial charge in [0, 0.05) is 17.6 Å². The maximum absolute atomic E-state index is 11.3. The van der Waals surface area contributed by atoms with Crippen molar-refractivity contribution in [1.82, 2.24) is 4.98 Å². The van der Waals surface area contributed by atoms with E-state index in [2.05, 4.69) is 4.98 Å². The van der Waals surface area contributed by atoms with Gasteiger partial charge in [0.25, 0.3) is 0 Å². The van der Waals surface area contributed by atoms with Crippen molar-refractivity contribution in [3.63, 3.8) is 0 Å². The molecule has 0 aliphatic heterocycles. The van der Waals surface area contributed by atoms with E-state index in [1.165, 1.54) is 23.1 Å². The highest BCUT2D eigenvalue weighted by atomic mass is 32.2. The maximum atomic E-state index is 11.3. The summed E-state index contributed by atoms with van der Waals surface area (Å²) in [5.41, 5.74) is 0.317. The molecule has 0 aromatic carbocycles. The number of hydrogen-bond donors (Lipinski definition) is 1. The van der Waals surface area contributed by atoms with Gasteiger partial charge in [0.1, 0.15) is 0 Å². The van der Waals surface area contributed by atoms with Crippen molar-refractivity contribution in [3.8, 4) is 0 Å². The minimum Gasteiger partial charge on any atom is -0.481 e. The van der Waals surface area contributed by atoms with Gasteiger partial charge >= 0.3 is 11.9 Å². The molecular formula is C10H13NO4S2. The third-order valence-electron chi connectivity index (χ3n) is 1.73. The van der Waals surface area contributed by atoms with Crippen LogP contribution in [0.1, 0.15) is 30.3 Å². The Kier molecular flexibility index (Phi) is 5.99. The van der Waals surface area contributed by atoms with Crippen molar-refractivity contribution in [2.45, 2.75) is 24.1 Å². The van der Waals surface area contributed by atoms with E-state index in [9.17, 15) is 9.59 Å². The predicted molar refractivity (Wildman–Crippen MR) is 65.7 cm³/mol. The third kappa shape index (κ3) is 5.18. The second-order valence-corrected chi connectivity index (χ2v) is 5.27. The molecule has 0 bridgehead atoms. The van der Waals surface area contributed by atoms with Crippen molar-refractivity contribution < 1.29 is 19.4 Å². The minimum atomic E-state index is -0.794. The molecule has 94 valence electrons. The molecule has 1 aromatic rings. The first-order chi connectivity index (χ1) is 8.13. The molecule has 0 amide bonds. The van der Waals surface area contributed by atoms with Gasteiger partial charge in [0.05, 0.1) is 6.61 Å². The van der Waals surface area contributed by atoms with Crippen molar-refractivity contribution in [2.24, 2.45) is 0 Å². The molecule has 0 radical (unpaired) electrons. The number of aromatic nitrogens is 1. The van der Waals surface area contributed by atoms with Crippen molar-refractivity contribution in [1.29, 1.82) is 0 Å². The summed E-state index contributed by atoms with van der Waals surface area (Å²) >= 11 is 2.82. The van der Waals surface area contributed by atoms with Crippen LogP contribution in [0.5, 0.6) is 0 Å². The quantitative estimate of drug-likeness (QED) is 0.467. The molecule has 7 heteroatoms. The van der Waals surface area contributed by atoms with Crippen LogP contribution >= 0.6 is 23.1 Å². The Morgan fingerprint density at radius 1 is 1.59 bits per heavy atom. The van der Waals surface area contributed by atoms with E-state index < -0.39 is 11.9 Å². The number of esters is 1. The van der Waals surface area contributed by atoms with Crippen molar-refractivity contribution in [3.05, 3.63) is 11.1 Å². The number of carbonyl (C=O) groups excluding carboxylic acids is 1. The van der Waals surface area contributed by atoms with Gasteiger partial charge in [-0.2, -0.15) is 0 Å². The maximum Gasteiger partial charge on any atom is 0.357 e. The zero-order valence-corrected chi connectivity index (χ0v) is 11.0. The number of carboxylic acids is 1. The van der Waals surface area contributed by atoms with Gasteiger partial charge in [-0.25, -0.2) is 9.78 Å². The third-order valence-corrected chi connectivity index (χ3v) is 3.84. The molecular weight excluding hydrogens is 262 g/mol. The Bertz CT molecular complexity index is 391. The Labute approximate surface area is 107 Å². The van der Waals surface area contributed by atoms with Crippen LogP contribution in [0.3, 0.4) is 0 Å². The molecule has 1 heterocycles. The minimum absolute atomic E-state index is 0.156. The zero-order chi connectivity index (χ0) is 12.7. The van der Waals surface area contributed by atoms with Crippen LogP contribution in [0.25, 0.3) is 0 Å². The van der Waals surface area contributed by atoms with Crippen LogP contribution in [0.4, 0.5) is 0 Å². The van der Waals surface area contributed by atoms with Crippen LogP contribution in [-0.4, -0.2) is 34.4 Å². The van der Waals surface area contributed by atoms with E-state index in [1.54, 1.807) is 12.3 Å². The molecule has 1 aromatic heterocycles. The molecule has 1 rings (SSSR count). The highest BCUT2D eigenvalue weighted by Crippen LogP contribution is 2.23. The molecule has 0 saturated carbocycles. The molecule has 0 aliphatic rings. The topological polar surface area (TPSA) is 76.5 Å². The first kappa shape index (κ1) is 14.0. The van der Waals surface area contributed by atoms with Crippen LogP contribution in [0.2, 0.25) is 0 Å². The number of ether oxygens (including phenoxy) is 1. The van der Waals surface area contributed by atoms with Gasteiger partial charge in [-0.05, 0) is 13.3 Å². The number of aliphatic carboxylic acids is 1. The fourth-order valence-corrected chi connectivity index (χ4v) is 2.81. The van der Waals surface area contributed by atoms with E-state index in [0.717, 1.165) is 4.34 Å². The lowest BCUT2D eigenvalue weighted by molar-refractivity contribution is -0.137. The normalized spacial score (nSPS) is 10.2. The molecule has 0 saturated heterocycles. The number of hydrogen-bond acceptors (Lipinski definition) is 6. The van der Waals surface area contributed by atoms with Crippen LogP contribution in [-0.2, 0) is 9.53 Å². The number of thiazole rings is 1. The lowest BCUT2D eigenvalue weighted by Crippen LogP contribution is -2.04. The average molecular weight is 275 g/mol. The summed E-state index contributed by atoms with van der Waals surface area (Å²) in [7, 11) is 0. The summed E-state index contributed by atoms with van der Waals surface area (Å²) < 4.78 is 5.58.